The van der Waals surface area contributed by atoms with E-state index in [1.807, 2.05) is 42.9 Å². The topological polar surface area (TPSA) is 62.6 Å². The van der Waals surface area contributed by atoms with Crippen LogP contribution in [0.1, 0.15) is 28.9 Å². The molecular weight excluding hydrogens is 342 g/mol. The maximum Gasteiger partial charge on any atom is 0.257 e. The standard InChI is InChI=1S/C20H27N5O2/c1-15-18(19(22-23(15)2)25-9-5-6-10-25)21-20(26)16-7-3-4-8-17(16)24-11-13-27-14-12-24/h3-4,7-8H,5-6,9-14H2,1-2H3,(H,21,26). The number of hydrogen-bond donors (Lipinski definition) is 1. The number of benzene rings is 1. The fourth-order valence-corrected chi connectivity index (χ4v) is 3.81. The van der Waals surface area contributed by atoms with E-state index < -0.39 is 0 Å². The van der Waals surface area contributed by atoms with Gasteiger partial charge in [-0.1, -0.05) is 12.1 Å². The van der Waals surface area contributed by atoms with Crippen LogP contribution >= 0.6 is 0 Å². The molecule has 0 bridgehead atoms. The smallest absolute Gasteiger partial charge is 0.257 e. The molecule has 144 valence electrons. The summed E-state index contributed by atoms with van der Waals surface area (Å²) in [5.74, 6) is 0.790. The highest BCUT2D eigenvalue weighted by Crippen LogP contribution is 2.32. The van der Waals surface area contributed by atoms with Crippen molar-refractivity contribution in [2.75, 3.05) is 54.5 Å². The van der Waals surface area contributed by atoms with Gasteiger partial charge in [-0.3, -0.25) is 9.48 Å². The summed E-state index contributed by atoms with van der Waals surface area (Å²) in [5.41, 5.74) is 3.44. The fraction of sp³-hybridized carbons (Fsp3) is 0.500. The lowest BCUT2D eigenvalue weighted by molar-refractivity contribution is 0.102. The van der Waals surface area contributed by atoms with E-state index in [0.717, 1.165) is 49.1 Å². The Hall–Kier alpha value is -2.54. The van der Waals surface area contributed by atoms with Gasteiger partial charge in [-0.05, 0) is 31.9 Å². The highest BCUT2D eigenvalue weighted by Gasteiger charge is 2.25. The van der Waals surface area contributed by atoms with Crippen LogP contribution in [0.15, 0.2) is 24.3 Å². The van der Waals surface area contributed by atoms with Gasteiger partial charge in [-0.25, -0.2) is 0 Å². The first-order valence-electron chi connectivity index (χ1n) is 9.67. The normalized spacial score (nSPS) is 17.4. The van der Waals surface area contributed by atoms with Gasteiger partial charge in [-0.15, -0.1) is 0 Å². The van der Waals surface area contributed by atoms with Gasteiger partial charge in [0.25, 0.3) is 5.91 Å². The van der Waals surface area contributed by atoms with Crippen LogP contribution in [-0.4, -0.2) is 55.1 Å². The highest BCUT2D eigenvalue weighted by molar-refractivity contribution is 6.09. The van der Waals surface area contributed by atoms with Gasteiger partial charge >= 0.3 is 0 Å². The first-order chi connectivity index (χ1) is 13.1. The molecule has 7 heteroatoms. The molecule has 0 aliphatic carbocycles. The lowest BCUT2D eigenvalue weighted by atomic mass is 10.1. The minimum atomic E-state index is -0.0892. The van der Waals surface area contributed by atoms with Crippen molar-refractivity contribution < 1.29 is 9.53 Å². The van der Waals surface area contributed by atoms with Crippen LogP contribution in [-0.2, 0) is 11.8 Å². The first kappa shape index (κ1) is 17.9. The monoisotopic (exact) mass is 369 g/mol. The third-order valence-electron chi connectivity index (χ3n) is 5.46. The third-order valence-corrected chi connectivity index (χ3v) is 5.46. The Bertz CT molecular complexity index is 820. The van der Waals surface area contributed by atoms with E-state index in [0.29, 0.717) is 18.8 Å². The molecule has 2 aromatic rings. The van der Waals surface area contributed by atoms with Crippen LogP contribution in [0.4, 0.5) is 17.2 Å². The van der Waals surface area contributed by atoms with Gasteiger partial charge in [0.15, 0.2) is 5.82 Å². The summed E-state index contributed by atoms with van der Waals surface area (Å²) in [6, 6.07) is 7.79. The molecule has 3 heterocycles. The molecule has 0 radical (unpaired) electrons. The number of amides is 1. The summed E-state index contributed by atoms with van der Waals surface area (Å²) in [7, 11) is 1.92. The minimum absolute atomic E-state index is 0.0892. The van der Waals surface area contributed by atoms with Crippen molar-refractivity contribution in [2.24, 2.45) is 7.05 Å². The Morgan fingerprint density at radius 1 is 1.07 bits per heavy atom. The predicted octanol–water partition coefficient (Wildman–Crippen LogP) is 2.42. The van der Waals surface area contributed by atoms with Gasteiger partial charge < -0.3 is 19.9 Å². The lowest BCUT2D eigenvalue weighted by Crippen LogP contribution is -2.37. The largest absolute Gasteiger partial charge is 0.378 e. The Morgan fingerprint density at radius 3 is 2.52 bits per heavy atom. The van der Waals surface area contributed by atoms with E-state index in [4.69, 9.17) is 4.74 Å². The number of ether oxygens (including phenoxy) is 1. The molecule has 0 atom stereocenters. The number of morpholine rings is 1. The van der Waals surface area contributed by atoms with Crippen molar-refractivity contribution >= 4 is 23.1 Å². The molecule has 1 aromatic heterocycles. The zero-order valence-electron chi connectivity index (χ0n) is 16.1. The number of carbonyl (C=O) groups excluding carboxylic acids is 1. The predicted molar refractivity (Wildman–Crippen MR) is 107 cm³/mol. The average molecular weight is 369 g/mol. The number of anilines is 3. The molecule has 2 aliphatic heterocycles. The van der Waals surface area contributed by atoms with Crippen LogP contribution in [0.3, 0.4) is 0 Å². The van der Waals surface area contributed by atoms with Crippen LogP contribution in [0.25, 0.3) is 0 Å². The Labute approximate surface area is 159 Å². The molecule has 4 rings (SSSR count). The maximum atomic E-state index is 13.2. The summed E-state index contributed by atoms with van der Waals surface area (Å²) < 4.78 is 7.29. The average Bonchev–Trinajstić information content (AvgIpc) is 3.33. The molecule has 7 nitrogen and oxygen atoms in total. The van der Waals surface area contributed by atoms with Gasteiger partial charge in [0.05, 0.1) is 24.5 Å². The van der Waals surface area contributed by atoms with E-state index in [1.54, 1.807) is 0 Å². The molecule has 0 spiro atoms. The summed E-state index contributed by atoms with van der Waals surface area (Å²) in [6.45, 7) is 6.96. The third kappa shape index (κ3) is 3.51. The SMILES string of the molecule is Cc1c(NC(=O)c2ccccc2N2CCOCC2)c(N2CCCC2)nn1C. The molecule has 27 heavy (non-hydrogen) atoms. The molecular formula is C20H27N5O2. The quantitative estimate of drug-likeness (QED) is 0.897. The number of nitrogens with one attached hydrogen (secondary N) is 1. The van der Waals surface area contributed by atoms with Crippen molar-refractivity contribution in [1.29, 1.82) is 0 Å². The van der Waals surface area contributed by atoms with E-state index in [-0.39, 0.29) is 5.91 Å². The Morgan fingerprint density at radius 2 is 1.78 bits per heavy atom. The number of aryl methyl sites for hydroxylation is 1. The second-order valence-corrected chi connectivity index (χ2v) is 7.17. The van der Waals surface area contributed by atoms with Crippen LogP contribution in [0.5, 0.6) is 0 Å². The van der Waals surface area contributed by atoms with Gasteiger partial charge in [0.1, 0.15) is 5.69 Å². The zero-order valence-corrected chi connectivity index (χ0v) is 16.1. The number of rotatable bonds is 4. The molecule has 1 N–H and O–H groups in total. The van der Waals surface area contributed by atoms with Gasteiger partial charge in [0.2, 0.25) is 0 Å². The van der Waals surface area contributed by atoms with Crippen molar-refractivity contribution in [3.05, 3.63) is 35.5 Å². The van der Waals surface area contributed by atoms with Crippen molar-refractivity contribution in [3.8, 4) is 0 Å². The Kier molecular flexibility index (Phi) is 5.03. The van der Waals surface area contributed by atoms with E-state index >= 15 is 0 Å². The molecule has 1 aromatic carbocycles. The second-order valence-electron chi connectivity index (χ2n) is 7.17. The summed E-state index contributed by atoms with van der Waals surface area (Å²) in [6.07, 6.45) is 2.34. The zero-order chi connectivity index (χ0) is 18.8. The van der Waals surface area contributed by atoms with Crippen LogP contribution in [0.2, 0.25) is 0 Å². The van der Waals surface area contributed by atoms with Gasteiger partial charge in [0, 0.05) is 38.9 Å². The number of carbonyl (C=O) groups is 1. The number of para-hydroxylation sites is 1. The van der Waals surface area contributed by atoms with E-state index in [1.165, 1.54) is 12.8 Å². The first-order valence-corrected chi connectivity index (χ1v) is 9.67. The molecule has 2 saturated heterocycles. The van der Waals surface area contributed by atoms with Crippen molar-refractivity contribution in [2.45, 2.75) is 19.8 Å². The van der Waals surface area contributed by atoms with Crippen molar-refractivity contribution in [1.82, 2.24) is 9.78 Å². The summed E-state index contributed by atoms with van der Waals surface area (Å²) in [4.78, 5) is 17.7. The van der Waals surface area contributed by atoms with E-state index in [2.05, 4.69) is 20.2 Å². The number of aromatic nitrogens is 2. The summed E-state index contributed by atoms with van der Waals surface area (Å²) in [5, 5.41) is 7.80. The maximum absolute atomic E-state index is 13.2. The van der Waals surface area contributed by atoms with Crippen LogP contribution in [0, 0.1) is 6.92 Å². The Balaban J connectivity index is 1.62. The minimum Gasteiger partial charge on any atom is -0.378 e. The van der Waals surface area contributed by atoms with Crippen molar-refractivity contribution in [3.63, 3.8) is 0 Å². The number of nitrogens with zero attached hydrogens (tertiary/aromatic N) is 4. The molecule has 1 amide bonds. The molecule has 2 fully saturated rings. The highest BCUT2D eigenvalue weighted by atomic mass is 16.5. The van der Waals surface area contributed by atoms with Crippen LogP contribution < -0.4 is 15.1 Å². The number of hydrogen-bond acceptors (Lipinski definition) is 5. The summed E-state index contributed by atoms with van der Waals surface area (Å²) >= 11 is 0. The second kappa shape index (κ2) is 7.60. The van der Waals surface area contributed by atoms with Gasteiger partial charge in [-0.2, -0.15) is 5.10 Å². The fourth-order valence-electron chi connectivity index (χ4n) is 3.81. The molecule has 0 saturated carbocycles. The lowest BCUT2D eigenvalue weighted by Gasteiger charge is -2.30. The van der Waals surface area contributed by atoms with E-state index in [9.17, 15) is 4.79 Å². The molecule has 0 unspecified atom stereocenters. The molecule has 2 aliphatic rings.